The molecule has 6 nitrogen and oxygen atoms in total. The van der Waals surface area contributed by atoms with E-state index in [1.807, 2.05) is 0 Å². The first kappa shape index (κ1) is 17.7. The maximum absolute atomic E-state index is 12.8. The van der Waals surface area contributed by atoms with Crippen molar-refractivity contribution >= 4 is 25.5 Å². The van der Waals surface area contributed by atoms with E-state index in [9.17, 15) is 21.2 Å². The van der Waals surface area contributed by atoms with Crippen molar-refractivity contribution in [3.8, 4) is 6.07 Å². The van der Waals surface area contributed by atoms with Crippen molar-refractivity contribution in [3.63, 3.8) is 0 Å². The van der Waals surface area contributed by atoms with E-state index < -0.39 is 25.7 Å². The van der Waals surface area contributed by atoms with Crippen LogP contribution in [0, 0.1) is 17.1 Å². The fraction of sp³-hybridized carbons (Fsp3) is 0. The zero-order chi connectivity index (χ0) is 17.8. The number of nitriles is 1. The molecule has 0 aliphatic carbocycles. The Morgan fingerprint density at radius 2 is 1.46 bits per heavy atom. The number of nitrogens with zero attached hydrogens (tertiary/aromatic N) is 1. The van der Waals surface area contributed by atoms with Gasteiger partial charge in [0.25, 0.3) is 10.0 Å². The van der Waals surface area contributed by atoms with Crippen molar-refractivity contribution in [1.29, 1.82) is 5.26 Å². The maximum atomic E-state index is 12.8. The molecule has 0 atom stereocenters. The molecule has 0 aliphatic heterocycles. The number of nitrogens with one attached hydrogen (secondary N) is 1. The van der Waals surface area contributed by atoms with Crippen LogP contribution in [0.25, 0.3) is 0 Å². The van der Waals surface area contributed by atoms with E-state index >= 15 is 0 Å². The summed E-state index contributed by atoms with van der Waals surface area (Å²) in [6.45, 7) is 0. The van der Waals surface area contributed by atoms with Crippen molar-refractivity contribution in [2.75, 3.05) is 4.72 Å². The number of rotatable bonds is 5. The minimum absolute atomic E-state index is 0.0845. The highest BCUT2D eigenvalue weighted by Crippen LogP contribution is 2.19. The second-order valence-electron chi connectivity index (χ2n) is 4.56. The van der Waals surface area contributed by atoms with Crippen molar-refractivity contribution < 1.29 is 21.2 Å². The van der Waals surface area contributed by atoms with Crippen LogP contribution < -0.4 is 4.72 Å². The third-order valence-corrected chi connectivity index (χ3v) is 5.70. The molecule has 2 aromatic carbocycles. The SMILES string of the molecule is N#C/C=C/S(=O)(=O)c1ccc(NS(=O)(=O)c2ccc(F)cc2)cc1. The molecule has 0 amide bonds. The number of anilines is 1. The van der Waals surface area contributed by atoms with Crippen LogP contribution in [-0.2, 0) is 19.9 Å². The Hall–Kier alpha value is -2.70. The topological polar surface area (TPSA) is 104 Å². The third-order valence-electron chi connectivity index (χ3n) is 2.88. The van der Waals surface area contributed by atoms with E-state index in [1.54, 1.807) is 6.07 Å². The summed E-state index contributed by atoms with van der Waals surface area (Å²) in [6, 6.07) is 10.8. The van der Waals surface area contributed by atoms with Crippen LogP contribution in [-0.4, -0.2) is 16.8 Å². The molecule has 0 radical (unpaired) electrons. The molecule has 0 fully saturated rings. The summed E-state index contributed by atoms with van der Waals surface area (Å²) in [5.74, 6) is -0.561. The predicted octanol–water partition coefficient (Wildman–Crippen LogP) is 2.44. The van der Waals surface area contributed by atoms with E-state index in [0.717, 1.165) is 35.7 Å². The van der Waals surface area contributed by atoms with Crippen LogP contribution in [0.1, 0.15) is 0 Å². The summed E-state index contributed by atoms with van der Waals surface area (Å²) < 4.78 is 63.0. The van der Waals surface area contributed by atoms with Crippen molar-refractivity contribution in [2.24, 2.45) is 0 Å². The minimum atomic E-state index is -3.92. The van der Waals surface area contributed by atoms with Crippen LogP contribution in [0.15, 0.2) is 69.8 Å². The Morgan fingerprint density at radius 1 is 0.917 bits per heavy atom. The molecule has 1 N–H and O–H groups in total. The molecule has 9 heteroatoms. The average molecular weight is 366 g/mol. The van der Waals surface area contributed by atoms with Gasteiger partial charge in [-0.2, -0.15) is 5.26 Å². The summed E-state index contributed by atoms with van der Waals surface area (Å²) in [5, 5.41) is 9.13. The summed E-state index contributed by atoms with van der Waals surface area (Å²) in [7, 11) is -7.68. The van der Waals surface area contributed by atoms with Gasteiger partial charge in [0.05, 0.1) is 15.9 Å². The van der Waals surface area contributed by atoms with E-state index in [0.29, 0.717) is 0 Å². The van der Waals surface area contributed by atoms with Crippen molar-refractivity contribution in [3.05, 3.63) is 65.8 Å². The second kappa shape index (κ2) is 6.82. The molecule has 2 aromatic rings. The van der Waals surface area contributed by atoms with Gasteiger partial charge in [0.1, 0.15) is 5.82 Å². The largest absolute Gasteiger partial charge is 0.280 e. The number of benzene rings is 2. The van der Waals surface area contributed by atoms with E-state index in [-0.39, 0.29) is 15.5 Å². The zero-order valence-corrected chi connectivity index (χ0v) is 13.7. The Labute approximate surface area is 138 Å². The lowest BCUT2D eigenvalue weighted by molar-refractivity contribution is 0.599. The Morgan fingerprint density at radius 3 is 2.00 bits per heavy atom. The molecule has 0 unspecified atom stereocenters. The molecule has 0 heterocycles. The van der Waals surface area contributed by atoms with Crippen LogP contribution >= 0.6 is 0 Å². The molecule has 2 rings (SSSR count). The predicted molar refractivity (Wildman–Crippen MR) is 85.6 cm³/mol. The van der Waals surface area contributed by atoms with E-state index in [2.05, 4.69) is 4.72 Å². The van der Waals surface area contributed by atoms with Crippen molar-refractivity contribution in [1.82, 2.24) is 0 Å². The number of allylic oxidation sites excluding steroid dienone is 1. The zero-order valence-electron chi connectivity index (χ0n) is 12.0. The van der Waals surface area contributed by atoms with Crippen LogP contribution in [0.2, 0.25) is 0 Å². The molecular weight excluding hydrogens is 355 g/mol. The number of hydrogen-bond donors (Lipinski definition) is 1. The first-order chi connectivity index (χ1) is 11.2. The lowest BCUT2D eigenvalue weighted by Crippen LogP contribution is -2.13. The Bertz CT molecular complexity index is 1000. The van der Waals surface area contributed by atoms with Gasteiger partial charge in [-0.25, -0.2) is 21.2 Å². The maximum Gasteiger partial charge on any atom is 0.261 e. The number of halogens is 1. The molecule has 0 spiro atoms. The molecule has 24 heavy (non-hydrogen) atoms. The molecule has 0 bridgehead atoms. The first-order valence-electron chi connectivity index (χ1n) is 6.44. The number of sulfonamides is 1. The fourth-order valence-electron chi connectivity index (χ4n) is 1.74. The lowest BCUT2D eigenvalue weighted by Gasteiger charge is -2.08. The summed E-state index contributed by atoms with van der Waals surface area (Å²) in [5.41, 5.74) is 0.141. The molecular formula is C15H11FN2O4S2. The van der Waals surface area contributed by atoms with Gasteiger partial charge in [0, 0.05) is 17.2 Å². The first-order valence-corrected chi connectivity index (χ1v) is 9.47. The number of hydrogen-bond acceptors (Lipinski definition) is 5. The summed E-state index contributed by atoms with van der Waals surface area (Å²) >= 11 is 0. The van der Waals surface area contributed by atoms with Gasteiger partial charge in [0.2, 0.25) is 9.84 Å². The van der Waals surface area contributed by atoms with Gasteiger partial charge in [-0.15, -0.1) is 0 Å². The minimum Gasteiger partial charge on any atom is -0.280 e. The normalized spacial score (nSPS) is 12.0. The third kappa shape index (κ3) is 4.18. The van der Waals surface area contributed by atoms with Crippen molar-refractivity contribution in [2.45, 2.75) is 9.79 Å². The highest BCUT2D eigenvalue weighted by Gasteiger charge is 2.15. The molecule has 0 saturated heterocycles. The Balaban J connectivity index is 2.25. The smallest absolute Gasteiger partial charge is 0.261 e. The second-order valence-corrected chi connectivity index (χ2v) is 8.08. The van der Waals surface area contributed by atoms with Crippen LogP contribution in [0.3, 0.4) is 0 Å². The van der Waals surface area contributed by atoms with E-state index in [4.69, 9.17) is 5.26 Å². The van der Waals surface area contributed by atoms with Gasteiger partial charge in [-0.05, 0) is 48.5 Å². The highest BCUT2D eigenvalue weighted by atomic mass is 32.2. The molecule has 124 valence electrons. The molecule has 0 aliphatic rings. The summed E-state index contributed by atoms with van der Waals surface area (Å²) in [4.78, 5) is -0.212. The van der Waals surface area contributed by atoms with Crippen LogP contribution in [0.5, 0.6) is 0 Å². The van der Waals surface area contributed by atoms with Crippen LogP contribution in [0.4, 0.5) is 10.1 Å². The number of sulfone groups is 1. The Kier molecular flexibility index (Phi) is 5.02. The monoisotopic (exact) mass is 366 g/mol. The van der Waals surface area contributed by atoms with Gasteiger partial charge < -0.3 is 0 Å². The average Bonchev–Trinajstić information content (AvgIpc) is 2.53. The van der Waals surface area contributed by atoms with Gasteiger partial charge in [0.15, 0.2) is 0 Å². The molecule has 0 aromatic heterocycles. The quantitative estimate of drug-likeness (QED) is 0.819. The van der Waals surface area contributed by atoms with E-state index in [1.165, 1.54) is 24.3 Å². The molecule has 0 saturated carbocycles. The lowest BCUT2D eigenvalue weighted by atomic mass is 10.3. The van der Waals surface area contributed by atoms with Gasteiger partial charge in [-0.3, -0.25) is 4.72 Å². The standard InChI is InChI=1S/C15H11FN2O4S2/c16-12-2-6-15(7-3-12)24(21,22)18-13-4-8-14(9-5-13)23(19,20)11-1-10-17/h1-9,11,18H/b11-1+. The van der Waals surface area contributed by atoms with Gasteiger partial charge in [-0.1, -0.05) is 0 Å². The summed E-state index contributed by atoms with van der Waals surface area (Å²) in [6.07, 6.45) is 0.834. The highest BCUT2D eigenvalue weighted by molar-refractivity contribution is 7.94. The van der Waals surface area contributed by atoms with Gasteiger partial charge >= 0.3 is 0 Å². The fourth-order valence-corrected chi connectivity index (χ4v) is 3.71.